The van der Waals surface area contributed by atoms with Gasteiger partial charge in [0.1, 0.15) is 5.69 Å². The molecular formula is C10H10N4OS. The largest absolute Gasteiger partial charge is 0.442 e. The van der Waals surface area contributed by atoms with Gasteiger partial charge in [0.2, 0.25) is 0 Å². The van der Waals surface area contributed by atoms with E-state index in [9.17, 15) is 0 Å². The third-order valence-electron chi connectivity index (χ3n) is 2.47. The van der Waals surface area contributed by atoms with Crippen LogP contribution in [0.5, 0.6) is 0 Å². The molecule has 3 heterocycles. The fraction of sp³-hybridized carbons (Fsp3) is 0.200. The second kappa shape index (κ2) is 3.43. The fourth-order valence-electron chi connectivity index (χ4n) is 1.63. The van der Waals surface area contributed by atoms with Gasteiger partial charge in [-0.1, -0.05) is 0 Å². The Hall–Kier alpha value is -1.66. The Kier molecular flexibility index (Phi) is 2.05. The highest BCUT2D eigenvalue weighted by atomic mass is 32.1. The van der Waals surface area contributed by atoms with Crippen molar-refractivity contribution in [3.63, 3.8) is 0 Å². The van der Waals surface area contributed by atoms with Gasteiger partial charge in [-0.25, -0.2) is 9.97 Å². The van der Waals surface area contributed by atoms with Crippen molar-refractivity contribution in [2.24, 2.45) is 5.73 Å². The molecule has 6 heteroatoms. The number of aromatic nitrogens is 3. The topological polar surface area (TPSA) is 69.3 Å². The minimum atomic E-state index is 0.505. The molecule has 0 aromatic carbocycles. The summed E-state index contributed by atoms with van der Waals surface area (Å²) in [4.78, 5) is 9.45. The van der Waals surface area contributed by atoms with Gasteiger partial charge in [0.05, 0.1) is 5.69 Å². The Balaban J connectivity index is 2.19. The summed E-state index contributed by atoms with van der Waals surface area (Å²) < 4.78 is 7.30. The lowest BCUT2D eigenvalue weighted by atomic mass is 10.3. The molecule has 16 heavy (non-hydrogen) atoms. The van der Waals surface area contributed by atoms with E-state index in [4.69, 9.17) is 10.2 Å². The van der Waals surface area contributed by atoms with Crippen LogP contribution in [-0.2, 0) is 6.54 Å². The molecule has 2 N–H and O–H groups in total. The van der Waals surface area contributed by atoms with E-state index in [-0.39, 0.29) is 0 Å². The summed E-state index contributed by atoms with van der Waals surface area (Å²) in [6.07, 6.45) is 3.36. The molecule has 3 aromatic rings. The van der Waals surface area contributed by atoms with Crippen LogP contribution in [0.15, 0.2) is 22.4 Å². The summed E-state index contributed by atoms with van der Waals surface area (Å²) in [6, 6.07) is 0. The van der Waals surface area contributed by atoms with Crippen LogP contribution in [0.3, 0.4) is 0 Å². The molecule has 3 rings (SSSR count). The van der Waals surface area contributed by atoms with Crippen molar-refractivity contribution in [1.82, 2.24) is 14.4 Å². The molecule has 3 aromatic heterocycles. The Bertz CT molecular complexity index is 636. The van der Waals surface area contributed by atoms with Crippen LogP contribution in [-0.4, -0.2) is 14.4 Å². The normalized spacial score (nSPS) is 11.4. The standard InChI is InChI=1S/C10H10N4OS/c1-6-9(15-5-12-6)8-3-14-7(2-11)4-16-10(14)13-8/h3-5H,2,11H2,1H3. The van der Waals surface area contributed by atoms with E-state index in [2.05, 4.69) is 9.97 Å². The van der Waals surface area contributed by atoms with Gasteiger partial charge in [-0.15, -0.1) is 11.3 Å². The van der Waals surface area contributed by atoms with Gasteiger partial charge in [-0.3, -0.25) is 4.40 Å². The Morgan fingerprint density at radius 1 is 1.56 bits per heavy atom. The van der Waals surface area contributed by atoms with E-state index in [0.717, 1.165) is 27.8 Å². The van der Waals surface area contributed by atoms with Crippen LogP contribution in [0.25, 0.3) is 16.4 Å². The lowest BCUT2D eigenvalue weighted by Gasteiger charge is -1.91. The molecular weight excluding hydrogens is 224 g/mol. The summed E-state index contributed by atoms with van der Waals surface area (Å²) in [5.41, 5.74) is 8.34. The second-order valence-corrected chi connectivity index (χ2v) is 4.31. The highest BCUT2D eigenvalue weighted by molar-refractivity contribution is 7.15. The minimum Gasteiger partial charge on any atom is -0.442 e. The summed E-state index contributed by atoms with van der Waals surface area (Å²) in [5.74, 6) is 0.721. The number of fused-ring (bicyclic) bond motifs is 1. The average Bonchev–Trinajstić information content (AvgIpc) is 2.90. The first-order valence-electron chi connectivity index (χ1n) is 4.85. The first-order valence-corrected chi connectivity index (χ1v) is 5.73. The van der Waals surface area contributed by atoms with Gasteiger partial charge >= 0.3 is 0 Å². The average molecular weight is 234 g/mol. The zero-order valence-electron chi connectivity index (χ0n) is 8.67. The number of aryl methyl sites for hydroxylation is 1. The number of hydrogen-bond donors (Lipinski definition) is 1. The zero-order chi connectivity index (χ0) is 11.1. The fourth-order valence-corrected chi connectivity index (χ4v) is 2.52. The van der Waals surface area contributed by atoms with E-state index in [1.165, 1.54) is 6.39 Å². The van der Waals surface area contributed by atoms with Crippen molar-refractivity contribution in [1.29, 1.82) is 0 Å². The van der Waals surface area contributed by atoms with Crippen LogP contribution in [0, 0.1) is 6.92 Å². The molecule has 0 bridgehead atoms. The number of oxazole rings is 1. The first-order chi connectivity index (χ1) is 7.79. The Morgan fingerprint density at radius 2 is 2.44 bits per heavy atom. The molecule has 5 nitrogen and oxygen atoms in total. The van der Waals surface area contributed by atoms with Crippen molar-refractivity contribution in [2.45, 2.75) is 13.5 Å². The van der Waals surface area contributed by atoms with Crippen molar-refractivity contribution >= 4 is 16.3 Å². The number of imidazole rings is 1. The lowest BCUT2D eigenvalue weighted by molar-refractivity contribution is 0.569. The number of thiazole rings is 1. The quantitative estimate of drug-likeness (QED) is 0.734. The van der Waals surface area contributed by atoms with Gasteiger partial charge in [-0.2, -0.15) is 0 Å². The van der Waals surface area contributed by atoms with E-state index < -0.39 is 0 Å². The Labute approximate surface area is 95.6 Å². The van der Waals surface area contributed by atoms with E-state index >= 15 is 0 Å². The third-order valence-corrected chi connectivity index (χ3v) is 3.36. The SMILES string of the molecule is Cc1ncoc1-c1cn2c(CN)csc2n1. The van der Waals surface area contributed by atoms with Crippen LogP contribution >= 0.6 is 11.3 Å². The highest BCUT2D eigenvalue weighted by Gasteiger charge is 2.13. The predicted molar refractivity (Wildman–Crippen MR) is 61.2 cm³/mol. The smallest absolute Gasteiger partial charge is 0.194 e. The van der Waals surface area contributed by atoms with Gasteiger partial charge in [0, 0.05) is 23.8 Å². The summed E-state index contributed by atoms with van der Waals surface area (Å²) in [6.45, 7) is 2.40. The first kappa shape index (κ1) is 9.56. The molecule has 0 atom stereocenters. The van der Waals surface area contributed by atoms with Crippen molar-refractivity contribution in [3.8, 4) is 11.5 Å². The molecule has 0 aliphatic rings. The monoisotopic (exact) mass is 234 g/mol. The summed E-state index contributed by atoms with van der Waals surface area (Å²) in [7, 11) is 0. The van der Waals surface area contributed by atoms with Crippen molar-refractivity contribution < 1.29 is 4.42 Å². The van der Waals surface area contributed by atoms with E-state index in [1.54, 1.807) is 11.3 Å². The summed E-state index contributed by atoms with van der Waals surface area (Å²) >= 11 is 1.57. The molecule has 0 aliphatic carbocycles. The van der Waals surface area contributed by atoms with Crippen molar-refractivity contribution in [3.05, 3.63) is 29.4 Å². The molecule has 82 valence electrons. The van der Waals surface area contributed by atoms with Crippen LogP contribution in [0.2, 0.25) is 0 Å². The highest BCUT2D eigenvalue weighted by Crippen LogP contribution is 2.25. The molecule has 0 unspecified atom stereocenters. The zero-order valence-corrected chi connectivity index (χ0v) is 9.49. The van der Waals surface area contributed by atoms with E-state index in [1.807, 2.05) is 22.9 Å². The molecule has 0 fully saturated rings. The predicted octanol–water partition coefficient (Wildman–Crippen LogP) is 1.82. The minimum absolute atomic E-state index is 0.505. The van der Waals surface area contributed by atoms with Gasteiger partial charge in [-0.05, 0) is 6.92 Å². The Morgan fingerprint density at radius 3 is 3.12 bits per heavy atom. The number of nitrogens with two attached hydrogens (primary N) is 1. The van der Waals surface area contributed by atoms with Crippen LogP contribution < -0.4 is 5.73 Å². The molecule has 0 saturated heterocycles. The maximum absolute atomic E-state index is 5.64. The number of rotatable bonds is 2. The summed E-state index contributed by atoms with van der Waals surface area (Å²) in [5, 5.41) is 2.01. The molecule has 0 aliphatic heterocycles. The second-order valence-electron chi connectivity index (χ2n) is 3.48. The number of nitrogens with zero attached hydrogens (tertiary/aromatic N) is 3. The third kappa shape index (κ3) is 1.27. The van der Waals surface area contributed by atoms with Crippen molar-refractivity contribution in [2.75, 3.05) is 0 Å². The molecule has 0 spiro atoms. The number of hydrogen-bond acceptors (Lipinski definition) is 5. The van der Waals surface area contributed by atoms with Gasteiger partial charge in [0.15, 0.2) is 17.1 Å². The molecule has 0 amide bonds. The lowest BCUT2D eigenvalue weighted by Crippen LogP contribution is -1.98. The molecule has 0 saturated carbocycles. The maximum atomic E-state index is 5.64. The van der Waals surface area contributed by atoms with Crippen LogP contribution in [0.4, 0.5) is 0 Å². The maximum Gasteiger partial charge on any atom is 0.194 e. The molecule has 0 radical (unpaired) electrons. The van der Waals surface area contributed by atoms with Gasteiger partial charge in [0.25, 0.3) is 0 Å². The van der Waals surface area contributed by atoms with Crippen LogP contribution in [0.1, 0.15) is 11.4 Å². The van der Waals surface area contributed by atoms with Gasteiger partial charge < -0.3 is 10.2 Å². The van der Waals surface area contributed by atoms with E-state index in [0.29, 0.717) is 6.54 Å².